The Bertz CT molecular complexity index is 246. The van der Waals surface area contributed by atoms with E-state index in [9.17, 15) is 0 Å². The number of halogens is 1. The van der Waals surface area contributed by atoms with Gasteiger partial charge in [-0.2, -0.15) is 0 Å². The lowest BCUT2D eigenvalue weighted by Crippen LogP contribution is -2.46. The second-order valence-corrected chi connectivity index (χ2v) is 6.32. The molecule has 0 spiro atoms. The van der Waals surface area contributed by atoms with Gasteiger partial charge in [0.05, 0.1) is 0 Å². The molecule has 0 amide bonds. The fraction of sp³-hybridized carbons (Fsp3) is 1.00. The average molecular weight is 259 g/mol. The van der Waals surface area contributed by atoms with Gasteiger partial charge in [-0.15, -0.1) is 12.4 Å². The van der Waals surface area contributed by atoms with Crippen molar-refractivity contribution in [2.75, 3.05) is 26.7 Å². The molecule has 2 nitrogen and oxygen atoms in total. The highest BCUT2D eigenvalue weighted by molar-refractivity contribution is 5.85. The molecule has 3 fully saturated rings. The van der Waals surface area contributed by atoms with Crippen molar-refractivity contribution in [3.63, 3.8) is 0 Å². The first-order valence-corrected chi connectivity index (χ1v) is 7.24. The van der Waals surface area contributed by atoms with Gasteiger partial charge in [-0.25, -0.2) is 0 Å². The number of hydrogen-bond donors (Lipinski definition) is 1. The summed E-state index contributed by atoms with van der Waals surface area (Å²) in [5, 5.41) is 3.45. The van der Waals surface area contributed by atoms with E-state index in [2.05, 4.69) is 17.3 Å². The van der Waals surface area contributed by atoms with Crippen molar-refractivity contribution >= 4 is 12.4 Å². The van der Waals surface area contributed by atoms with E-state index in [-0.39, 0.29) is 12.4 Å². The molecule has 0 radical (unpaired) electrons. The van der Waals surface area contributed by atoms with Gasteiger partial charge >= 0.3 is 0 Å². The number of likely N-dealkylation sites (tertiary alicyclic amines) is 1. The predicted octanol–water partition coefficient (Wildman–Crippen LogP) is 2.53. The van der Waals surface area contributed by atoms with Crippen LogP contribution in [-0.4, -0.2) is 37.6 Å². The van der Waals surface area contributed by atoms with Crippen LogP contribution in [0.5, 0.6) is 0 Å². The van der Waals surface area contributed by atoms with Gasteiger partial charge in [-0.3, -0.25) is 0 Å². The number of piperidine rings is 1. The first kappa shape index (κ1) is 13.6. The van der Waals surface area contributed by atoms with Crippen LogP contribution < -0.4 is 5.32 Å². The Kier molecular flexibility index (Phi) is 4.73. The summed E-state index contributed by atoms with van der Waals surface area (Å²) in [6, 6.07) is 0.757. The minimum atomic E-state index is 0. The molecule has 0 aromatic heterocycles. The van der Waals surface area contributed by atoms with E-state index in [4.69, 9.17) is 0 Å². The van der Waals surface area contributed by atoms with Crippen molar-refractivity contribution in [3.05, 3.63) is 0 Å². The number of nitrogens with zero attached hydrogens (tertiary/aromatic N) is 1. The molecule has 100 valence electrons. The summed E-state index contributed by atoms with van der Waals surface area (Å²) in [6.07, 6.45) is 8.97. The largest absolute Gasteiger partial charge is 0.316 e. The molecule has 1 heterocycles. The van der Waals surface area contributed by atoms with Gasteiger partial charge in [-0.05, 0) is 63.5 Å². The molecule has 0 aromatic carbocycles. The molecule has 2 aliphatic carbocycles. The number of nitrogens with one attached hydrogen (secondary N) is 1. The molecule has 3 rings (SSSR count). The van der Waals surface area contributed by atoms with E-state index in [1.165, 1.54) is 32.5 Å². The number of likely N-dealkylation sites (N-methyl/N-ethyl adjacent to an activating group) is 1. The van der Waals surface area contributed by atoms with E-state index in [1.807, 2.05) is 0 Å². The van der Waals surface area contributed by atoms with Crippen LogP contribution in [0.1, 0.15) is 38.5 Å². The standard InChI is InChI=1S/C14H26N2.ClH/c1-15-14-3-2-6-16(10-14)9-13-8-11-4-5-12(13)7-11;/h11-15H,2-10H2,1H3;1H. The third-order valence-electron chi connectivity index (χ3n) is 5.29. The maximum Gasteiger partial charge on any atom is 0.0192 e. The van der Waals surface area contributed by atoms with Gasteiger partial charge in [0.15, 0.2) is 0 Å². The fourth-order valence-corrected chi connectivity index (χ4v) is 4.39. The normalized spacial score (nSPS) is 41.5. The van der Waals surface area contributed by atoms with Crippen molar-refractivity contribution < 1.29 is 0 Å². The summed E-state index contributed by atoms with van der Waals surface area (Å²) in [7, 11) is 2.12. The second-order valence-electron chi connectivity index (χ2n) is 6.32. The Morgan fingerprint density at radius 1 is 1.18 bits per heavy atom. The van der Waals surface area contributed by atoms with Crippen molar-refractivity contribution in [3.8, 4) is 0 Å². The van der Waals surface area contributed by atoms with Gasteiger partial charge < -0.3 is 10.2 Å². The smallest absolute Gasteiger partial charge is 0.0192 e. The highest BCUT2D eigenvalue weighted by atomic mass is 35.5. The van der Waals surface area contributed by atoms with E-state index in [0.717, 1.165) is 23.8 Å². The van der Waals surface area contributed by atoms with Gasteiger partial charge in [0.1, 0.15) is 0 Å². The highest BCUT2D eigenvalue weighted by Gasteiger charge is 2.40. The highest BCUT2D eigenvalue weighted by Crippen LogP contribution is 2.48. The van der Waals surface area contributed by atoms with Crippen LogP contribution in [0.2, 0.25) is 0 Å². The Morgan fingerprint density at radius 2 is 2.06 bits per heavy atom. The van der Waals surface area contributed by atoms with E-state index < -0.39 is 0 Å². The fourth-order valence-electron chi connectivity index (χ4n) is 4.39. The second kappa shape index (κ2) is 5.90. The zero-order valence-corrected chi connectivity index (χ0v) is 11.8. The van der Waals surface area contributed by atoms with Crippen molar-refractivity contribution in [1.29, 1.82) is 0 Å². The Morgan fingerprint density at radius 3 is 2.71 bits per heavy atom. The van der Waals surface area contributed by atoms with Crippen molar-refractivity contribution in [2.24, 2.45) is 17.8 Å². The van der Waals surface area contributed by atoms with Crippen molar-refractivity contribution in [1.82, 2.24) is 10.2 Å². The third-order valence-corrected chi connectivity index (χ3v) is 5.29. The number of rotatable bonds is 3. The van der Waals surface area contributed by atoms with Crippen LogP contribution in [0.4, 0.5) is 0 Å². The average Bonchev–Trinajstić information content (AvgIpc) is 2.91. The van der Waals surface area contributed by atoms with Gasteiger partial charge in [0.25, 0.3) is 0 Å². The predicted molar refractivity (Wildman–Crippen MR) is 74.7 cm³/mol. The summed E-state index contributed by atoms with van der Waals surface area (Å²) in [5.41, 5.74) is 0. The maximum absolute atomic E-state index is 3.45. The lowest BCUT2D eigenvalue weighted by atomic mass is 9.88. The minimum Gasteiger partial charge on any atom is -0.316 e. The summed E-state index contributed by atoms with van der Waals surface area (Å²) in [5.74, 6) is 3.26. The lowest BCUT2D eigenvalue weighted by Gasteiger charge is -2.36. The molecular formula is C14H27ClN2. The monoisotopic (exact) mass is 258 g/mol. The summed E-state index contributed by atoms with van der Waals surface area (Å²) < 4.78 is 0. The molecule has 2 saturated carbocycles. The number of hydrogen-bond acceptors (Lipinski definition) is 2. The lowest BCUT2D eigenvalue weighted by molar-refractivity contribution is 0.146. The van der Waals surface area contributed by atoms with Gasteiger partial charge in [0.2, 0.25) is 0 Å². The van der Waals surface area contributed by atoms with Crippen LogP contribution in [0.25, 0.3) is 0 Å². The molecular weight excluding hydrogens is 232 g/mol. The van der Waals surface area contributed by atoms with Crippen LogP contribution in [0.15, 0.2) is 0 Å². The van der Waals surface area contributed by atoms with Gasteiger partial charge in [0, 0.05) is 19.1 Å². The van der Waals surface area contributed by atoms with Crippen molar-refractivity contribution in [2.45, 2.75) is 44.6 Å². The van der Waals surface area contributed by atoms with E-state index in [0.29, 0.717) is 0 Å². The minimum absolute atomic E-state index is 0. The Balaban J connectivity index is 0.00000108. The molecule has 1 N–H and O–H groups in total. The molecule has 3 aliphatic rings. The summed E-state index contributed by atoms with van der Waals surface area (Å²) >= 11 is 0. The maximum atomic E-state index is 3.45. The Labute approximate surface area is 112 Å². The van der Waals surface area contributed by atoms with Crippen LogP contribution in [-0.2, 0) is 0 Å². The quantitative estimate of drug-likeness (QED) is 0.837. The van der Waals surface area contributed by atoms with E-state index in [1.54, 1.807) is 25.7 Å². The molecule has 0 aromatic rings. The Hall–Kier alpha value is 0.210. The topological polar surface area (TPSA) is 15.3 Å². The molecule has 3 heteroatoms. The van der Waals surface area contributed by atoms with Crippen LogP contribution in [0, 0.1) is 17.8 Å². The molecule has 1 aliphatic heterocycles. The number of fused-ring (bicyclic) bond motifs is 2. The molecule has 2 bridgehead atoms. The van der Waals surface area contributed by atoms with E-state index >= 15 is 0 Å². The van der Waals surface area contributed by atoms with Gasteiger partial charge in [-0.1, -0.05) is 6.42 Å². The zero-order valence-electron chi connectivity index (χ0n) is 11.0. The SMILES string of the molecule is CNC1CCCN(CC2CC3CCC2C3)C1.Cl. The zero-order chi connectivity index (χ0) is 11.0. The summed E-state index contributed by atoms with van der Waals surface area (Å²) in [6.45, 7) is 4.05. The first-order chi connectivity index (χ1) is 7.85. The third kappa shape index (κ3) is 2.97. The molecule has 17 heavy (non-hydrogen) atoms. The molecule has 4 atom stereocenters. The molecule has 1 saturated heterocycles. The van der Waals surface area contributed by atoms with Crippen LogP contribution in [0.3, 0.4) is 0 Å². The summed E-state index contributed by atoms with van der Waals surface area (Å²) in [4.78, 5) is 2.73. The first-order valence-electron chi connectivity index (χ1n) is 7.24. The van der Waals surface area contributed by atoms with Crippen LogP contribution >= 0.6 is 12.4 Å². The molecule has 4 unspecified atom stereocenters.